The molecule has 0 saturated carbocycles. The van der Waals surface area contributed by atoms with Gasteiger partial charge in [0.1, 0.15) is 5.75 Å². The van der Waals surface area contributed by atoms with Crippen LogP contribution in [-0.2, 0) is 11.3 Å². The van der Waals surface area contributed by atoms with E-state index in [2.05, 4.69) is 21.2 Å². The van der Waals surface area contributed by atoms with Gasteiger partial charge < -0.3 is 9.30 Å². The monoisotopic (exact) mass is 417 g/mol. The van der Waals surface area contributed by atoms with Crippen molar-refractivity contribution < 1.29 is 9.53 Å². The van der Waals surface area contributed by atoms with Crippen molar-refractivity contribution in [3.05, 3.63) is 101 Å². The summed E-state index contributed by atoms with van der Waals surface area (Å²) in [7, 11) is 0. The fourth-order valence-corrected chi connectivity index (χ4v) is 3.29. The molecule has 0 aliphatic carbocycles. The number of halogens is 1. The molecular weight excluding hydrogens is 398 g/mol. The van der Waals surface area contributed by atoms with Gasteiger partial charge in [0.25, 0.3) is 5.91 Å². The van der Waals surface area contributed by atoms with Gasteiger partial charge in [0.05, 0.1) is 6.21 Å². The highest BCUT2D eigenvalue weighted by atomic mass is 35.5. The number of nitrogens with one attached hydrogen (secondary N) is 1. The predicted molar refractivity (Wildman–Crippen MR) is 120 cm³/mol. The number of nitrogens with zero attached hydrogens (tertiary/aromatic N) is 2. The molecule has 0 unspecified atom stereocenters. The Balaban J connectivity index is 1.44. The SMILES string of the molecule is O=C(COc1ccccc1)N/N=C\c1cn(Cc2ccc(Cl)cc2)c2ccccc12. The highest BCUT2D eigenvalue weighted by Crippen LogP contribution is 2.21. The van der Waals surface area contributed by atoms with Crippen molar-refractivity contribution in [2.24, 2.45) is 5.10 Å². The van der Waals surface area contributed by atoms with Crippen LogP contribution in [0.15, 0.2) is 90.2 Å². The van der Waals surface area contributed by atoms with Gasteiger partial charge in [0, 0.05) is 34.2 Å². The van der Waals surface area contributed by atoms with E-state index in [0.29, 0.717) is 12.3 Å². The summed E-state index contributed by atoms with van der Waals surface area (Å²) in [6.07, 6.45) is 3.68. The number of fused-ring (bicyclic) bond motifs is 1. The molecule has 150 valence electrons. The van der Waals surface area contributed by atoms with Crippen molar-refractivity contribution in [2.45, 2.75) is 6.54 Å². The third-order valence-corrected chi connectivity index (χ3v) is 4.84. The Morgan fingerprint density at radius 1 is 1.00 bits per heavy atom. The van der Waals surface area contributed by atoms with Crippen molar-refractivity contribution in [1.82, 2.24) is 9.99 Å². The number of para-hydroxylation sites is 2. The minimum absolute atomic E-state index is 0.0975. The van der Waals surface area contributed by atoms with E-state index in [1.165, 1.54) is 0 Å². The molecule has 0 bridgehead atoms. The summed E-state index contributed by atoms with van der Waals surface area (Å²) >= 11 is 5.99. The summed E-state index contributed by atoms with van der Waals surface area (Å²) in [5.41, 5.74) is 5.67. The Hall–Kier alpha value is -3.57. The maximum atomic E-state index is 12.0. The first kappa shape index (κ1) is 19.7. The summed E-state index contributed by atoms with van der Waals surface area (Å²) in [4.78, 5) is 12.0. The largest absolute Gasteiger partial charge is 0.484 e. The number of hydrazone groups is 1. The summed E-state index contributed by atoms with van der Waals surface area (Å²) in [5, 5.41) is 5.88. The molecule has 0 fully saturated rings. The van der Waals surface area contributed by atoms with Crippen molar-refractivity contribution in [1.29, 1.82) is 0 Å². The van der Waals surface area contributed by atoms with Crippen LogP contribution in [0.3, 0.4) is 0 Å². The first-order valence-corrected chi connectivity index (χ1v) is 9.89. The summed E-state index contributed by atoms with van der Waals surface area (Å²) < 4.78 is 7.57. The fourth-order valence-electron chi connectivity index (χ4n) is 3.17. The quantitative estimate of drug-likeness (QED) is 0.344. The van der Waals surface area contributed by atoms with E-state index < -0.39 is 0 Å². The lowest BCUT2D eigenvalue weighted by atomic mass is 10.2. The second-order valence-electron chi connectivity index (χ2n) is 6.75. The zero-order valence-corrected chi connectivity index (χ0v) is 16.9. The molecule has 3 aromatic carbocycles. The summed E-state index contributed by atoms with van der Waals surface area (Å²) in [6, 6.07) is 25.1. The van der Waals surface area contributed by atoms with Crippen molar-refractivity contribution in [3.63, 3.8) is 0 Å². The van der Waals surface area contributed by atoms with Crippen molar-refractivity contribution >= 4 is 34.6 Å². The average molecular weight is 418 g/mol. The lowest BCUT2D eigenvalue weighted by molar-refractivity contribution is -0.123. The molecule has 1 heterocycles. The van der Waals surface area contributed by atoms with Gasteiger partial charge in [-0.25, -0.2) is 5.43 Å². The molecule has 30 heavy (non-hydrogen) atoms. The fraction of sp³-hybridized carbons (Fsp3) is 0.0833. The molecule has 0 spiro atoms. The molecule has 0 aliphatic rings. The third kappa shape index (κ3) is 4.88. The highest BCUT2D eigenvalue weighted by molar-refractivity contribution is 6.30. The molecule has 4 aromatic rings. The second-order valence-corrected chi connectivity index (χ2v) is 7.19. The van der Waals surface area contributed by atoms with Crippen LogP contribution in [0.2, 0.25) is 5.02 Å². The Kier molecular flexibility index (Phi) is 6.11. The zero-order valence-electron chi connectivity index (χ0n) is 16.2. The second kappa shape index (κ2) is 9.29. The number of amides is 1. The van der Waals surface area contributed by atoms with E-state index in [9.17, 15) is 4.79 Å². The molecule has 4 rings (SSSR count). The van der Waals surface area contributed by atoms with Crippen LogP contribution >= 0.6 is 11.6 Å². The molecule has 0 aliphatic heterocycles. The van der Waals surface area contributed by atoms with E-state index in [0.717, 1.165) is 27.1 Å². The maximum Gasteiger partial charge on any atom is 0.277 e. The molecule has 6 heteroatoms. The standard InChI is InChI=1S/C24H20ClN3O2/c25-20-12-10-18(11-13-20)15-28-16-19(22-8-4-5-9-23(22)28)14-26-27-24(29)17-30-21-6-2-1-3-7-21/h1-14,16H,15,17H2,(H,27,29)/b26-14-. The molecule has 0 radical (unpaired) electrons. The number of rotatable bonds is 7. The number of carbonyl (C=O) groups excluding carboxylic acids is 1. The molecule has 1 aromatic heterocycles. The van der Waals surface area contributed by atoms with Crippen LogP contribution < -0.4 is 10.2 Å². The van der Waals surface area contributed by atoms with Gasteiger partial charge >= 0.3 is 0 Å². The maximum absolute atomic E-state index is 12.0. The van der Waals surface area contributed by atoms with Crippen molar-refractivity contribution in [3.8, 4) is 5.75 Å². The van der Waals surface area contributed by atoms with E-state index in [1.54, 1.807) is 18.3 Å². The van der Waals surface area contributed by atoms with Crippen LogP contribution in [-0.4, -0.2) is 23.3 Å². The van der Waals surface area contributed by atoms with Crippen LogP contribution in [0, 0.1) is 0 Å². The average Bonchev–Trinajstić information content (AvgIpc) is 3.12. The minimum Gasteiger partial charge on any atom is -0.484 e. The Morgan fingerprint density at radius 3 is 2.53 bits per heavy atom. The van der Waals surface area contributed by atoms with E-state index >= 15 is 0 Å². The zero-order chi connectivity index (χ0) is 20.8. The topological polar surface area (TPSA) is 55.6 Å². The Labute approximate surface area is 179 Å². The molecule has 1 amide bonds. The summed E-state index contributed by atoms with van der Waals surface area (Å²) in [5.74, 6) is 0.321. The van der Waals surface area contributed by atoms with Gasteiger partial charge in [0.15, 0.2) is 6.61 Å². The van der Waals surface area contributed by atoms with Crippen LogP contribution in [0.25, 0.3) is 10.9 Å². The third-order valence-electron chi connectivity index (χ3n) is 4.59. The molecular formula is C24H20ClN3O2. The van der Waals surface area contributed by atoms with Crippen LogP contribution in [0.4, 0.5) is 0 Å². The van der Waals surface area contributed by atoms with Crippen LogP contribution in [0.5, 0.6) is 5.75 Å². The van der Waals surface area contributed by atoms with Gasteiger partial charge in [-0.2, -0.15) is 5.10 Å². The Morgan fingerprint density at radius 2 is 1.73 bits per heavy atom. The smallest absolute Gasteiger partial charge is 0.277 e. The van der Waals surface area contributed by atoms with Crippen molar-refractivity contribution in [2.75, 3.05) is 6.61 Å². The number of benzene rings is 3. The van der Waals surface area contributed by atoms with Gasteiger partial charge in [-0.05, 0) is 35.9 Å². The van der Waals surface area contributed by atoms with Gasteiger partial charge in [-0.15, -0.1) is 0 Å². The van der Waals surface area contributed by atoms with E-state index in [1.807, 2.05) is 66.9 Å². The number of hydrogen-bond acceptors (Lipinski definition) is 3. The molecule has 0 saturated heterocycles. The molecule has 1 N–H and O–H groups in total. The van der Waals surface area contributed by atoms with E-state index in [-0.39, 0.29) is 12.5 Å². The van der Waals surface area contributed by atoms with Gasteiger partial charge in [-0.1, -0.05) is 60.1 Å². The first-order valence-electron chi connectivity index (χ1n) is 9.51. The number of carbonyl (C=O) groups is 1. The van der Waals surface area contributed by atoms with Gasteiger partial charge in [0.2, 0.25) is 0 Å². The normalized spacial score (nSPS) is 11.1. The Bertz CT molecular complexity index is 1170. The highest BCUT2D eigenvalue weighted by Gasteiger charge is 2.08. The van der Waals surface area contributed by atoms with Crippen LogP contribution in [0.1, 0.15) is 11.1 Å². The number of hydrogen-bond donors (Lipinski definition) is 1. The summed E-state index contributed by atoms with van der Waals surface area (Å²) in [6.45, 7) is 0.614. The number of aromatic nitrogens is 1. The predicted octanol–water partition coefficient (Wildman–Crippen LogP) is 4.87. The molecule has 5 nitrogen and oxygen atoms in total. The molecule has 0 atom stereocenters. The van der Waals surface area contributed by atoms with Gasteiger partial charge in [-0.3, -0.25) is 4.79 Å². The first-order chi connectivity index (χ1) is 14.7. The lowest BCUT2D eigenvalue weighted by Gasteiger charge is -2.05. The number of ether oxygens (including phenoxy) is 1. The van der Waals surface area contributed by atoms with E-state index in [4.69, 9.17) is 16.3 Å². The minimum atomic E-state index is -0.319. The lowest BCUT2D eigenvalue weighted by Crippen LogP contribution is -2.24.